The molecule has 1 aromatic carbocycles. The zero-order valence-electron chi connectivity index (χ0n) is 21.3. The number of sulfonamides is 1. The molecule has 0 aromatic heterocycles. The van der Waals surface area contributed by atoms with Gasteiger partial charge in [-0.15, -0.1) is 0 Å². The van der Waals surface area contributed by atoms with Gasteiger partial charge >= 0.3 is 147 Å². The molecule has 1 atom stereocenters. The molecular weight excluding hydrogens is 473 g/mol. The molecule has 11 nitrogen and oxygen atoms in total. The minimum atomic E-state index is -4.03. The van der Waals surface area contributed by atoms with E-state index in [0.717, 1.165) is 10.6 Å². The van der Waals surface area contributed by atoms with Crippen LogP contribution in [0.25, 0.3) is 0 Å². The molecule has 0 radical (unpaired) electrons. The van der Waals surface area contributed by atoms with Crippen LogP contribution in [0.3, 0.4) is 0 Å². The largest absolute Gasteiger partial charge is 0.0380 e. The van der Waals surface area contributed by atoms with Crippen LogP contribution in [-0.4, -0.2) is 84.2 Å². The van der Waals surface area contributed by atoms with Gasteiger partial charge in [0.1, 0.15) is 5.75 Å². The smallest absolute Gasteiger partial charge is 0.00471 e. The van der Waals surface area contributed by atoms with Crippen molar-refractivity contribution in [2.24, 2.45) is 16.0 Å². The SMILES string of the molecule is COc1cc(C)c(S(=O)(=O)/N=C(\N)N2CCC(CC(NCB=O)C(=O)N(C)OC)CC2)c(C)c1C. The van der Waals surface area contributed by atoms with Crippen LogP contribution >= 0.6 is 0 Å². The molecule has 2 rings (SSSR count). The van der Waals surface area contributed by atoms with Crippen LogP contribution in [0.15, 0.2) is 15.4 Å². The number of aryl methyl sites for hydroxylation is 1. The fourth-order valence-corrected chi connectivity index (χ4v) is 5.82. The summed E-state index contributed by atoms with van der Waals surface area (Å²) in [7, 11) is 1.15. The minimum absolute atomic E-state index is 0.0541. The van der Waals surface area contributed by atoms with Crippen LogP contribution < -0.4 is 15.8 Å². The molecule has 0 spiro atoms. The average molecular weight is 509 g/mol. The van der Waals surface area contributed by atoms with Crippen LogP contribution in [0.1, 0.15) is 36.0 Å². The summed E-state index contributed by atoms with van der Waals surface area (Å²) in [6, 6.07) is 1.13. The minimum Gasteiger partial charge on any atom is -0.0380 e. The maximum Gasteiger partial charge on any atom is -0.00471 e. The van der Waals surface area contributed by atoms with Crippen molar-refractivity contribution in [1.82, 2.24) is 15.3 Å². The summed E-state index contributed by atoms with van der Waals surface area (Å²) < 4.78 is 46.3. The normalized spacial score (nSPS) is 16.1. The number of carbonyl (C=O) groups is 1. The Labute approximate surface area is 208 Å². The number of methoxy groups -OCH3 is 1. The molecule has 3 N–H and O–H groups in total. The number of nitrogens with zero attached hydrogens (tertiary/aromatic N) is 3. The van der Waals surface area contributed by atoms with E-state index >= 15 is 0 Å². The summed E-state index contributed by atoms with van der Waals surface area (Å²) in [6.45, 7) is 6.24. The first kappa shape index (κ1) is 28.7. The second kappa shape index (κ2) is 12.5. The Hall–Kier alpha value is -2.51. The Bertz CT molecular complexity index is 1060. The van der Waals surface area contributed by atoms with Gasteiger partial charge in [0.15, 0.2) is 0 Å². The predicted octanol–water partition coefficient (Wildman–Crippen LogP) is 0.711. The van der Waals surface area contributed by atoms with E-state index in [2.05, 4.69) is 9.71 Å². The number of likely N-dealkylation sites (tertiary alicyclic amines) is 1. The molecule has 0 aliphatic carbocycles. The zero-order chi connectivity index (χ0) is 26.3. The molecule has 1 fully saturated rings. The predicted molar refractivity (Wildman–Crippen MR) is 133 cm³/mol. The Kier molecular flexibility index (Phi) is 10.2. The van der Waals surface area contributed by atoms with Gasteiger partial charge in [-0.3, -0.25) is 0 Å². The van der Waals surface area contributed by atoms with Gasteiger partial charge in [-0.1, -0.05) is 0 Å². The molecule has 1 aliphatic rings. The molecule has 35 heavy (non-hydrogen) atoms. The molecular formula is C22H36BN5O6S. The first-order valence-corrected chi connectivity index (χ1v) is 12.9. The number of nitrogens with two attached hydrogens (primary N) is 1. The van der Waals surface area contributed by atoms with E-state index in [4.69, 9.17) is 15.3 Å². The summed E-state index contributed by atoms with van der Waals surface area (Å²) >= 11 is 0. The summed E-state index contributed by atoms with van der Waals surface area (Å²) in [4.78, 5) is 19.4. The van der Waals surface area contributed by atoms with Gasteiger partial charge in [-0.05, 0) is 43.5 Å². The van der Waals surface area contributed by atoms with Gasteiger partial charge in [0.2, 0.25) is 0 Å². The first-order chi connectivity index (χ1) is 16.5. The maximum absolute atomic E-state index is 13.1. The Morgan fingerprint density at radius 2 is 1.91 bits per heavy atom. The van der Waals surface area contributed by atoms with Crippen molar-refractivity contribution in [3.05, 3.63) is 22.8 Å². The number of benzene rings is 1. The molecule has 194 valence electrons. The Balaban J connectivity index is 2.12. The molecule has 13 heteroatoms. The topological polar surface area (TPSA) is 144 Å². The molecule has 1 aliphatic heterocycles. The third-order valence-corrected chi connectivity index (χ3v) is 8.08. The van der Waals surface area contributed by atoms with Crippen molar-refractivity contribution in [2.75, 3.05) is 40.8 Å². The van der Waals surface area contributed by atoms with Crippen molar-refractivity contribution >= 4 is 29.0 Å². The number of hydroxylamine groups is 2. The van der Waals surface area contributed by atoms with Gasteiger partial charge in [-0.2, -0.15) is 0 Å². The fraction of sp³-hybridized carbons (Fsp3) is 0.636. The average Bonchev–Trinajstić information content (AvgIpc) is 2.82. The van der Waals surface area contributed by atoms with Crippen molar-refractivity contribution in [1.29, 1.82) is 0 Å². The fourth-order valence-electron chi connectivity index (χ4n) is 4.36. The van der Waals surface area contributed by atoms with E-state index in [1.165, 1.54) is 14.2 Å². The molecule has 0 bridgehead atoms. The van der Waals surface area contributed by atoms with Gasteiger partial charge in [0, 0.05) is 0 Å². The van der Waals surface area contributed by atoms with Crippen molar-refractivity contribution < 1.29 is 27.5 Å². The van der Waals surface area contributed by atoms with E-state index < -0.39 is 16.1 Å². The second-order valence-electron chi connectivity index (χ2n) is 8.71. The van der Waals surface area contributed by atoms with Crippen LogP contribution in [0.5, 0.6) is 5.75 Å². The van der Waals surface area contributed by atoms with Crippen molar-refractivity contribution in [2.45, 2.75) is 51.0 Å². The summed E-state index contributed by atoms with van der Waals surface area (Å²) in [5.41, 5.74) is 7.98. The Morgan fingerprint density at radius 1 is 1.29 bits per heavy atom. The van der Waals surface area contributed by atoms with E-state index in [1.807, 2.05) is 0 Å². The second-order valence-corrected chi connectivity index (χ2v) is 10.3. The number of amides is 1. The number of likely N-dealkylation sites (N-methyl/N-ethyl adjacent to an activating group) is 1. The van der Waals surface area contributed by atoms with Crippen LogP contribution in [0.2, 0.25) is 0 Å². The number of guanidine groups is 1. The molecule has 1 unspecified atom stereocenters. The molecule has 1 saturated heterocycles. The quantitative estimate of drug-likeness (QED) is 0.202. The maximum atomic E-state index is 13.1. The van der Waals surface area contributed by atoms with Crippen molar-refractivity contribution in [3.8, 4) is 5.75 Å². The molecule has 1 aromatic rings. The standard InChI is InChI=1S/C22H36BN5O6S/c1-14-11-19(33-5)15(2)16(3)20(14)35(31,32)26-22(24)28-9-7-17(8-10-28)12-18(25-13-23-30)21(29)27(4)34-6/h11,17-18,25H,7-10,12-13H2,1-6H3,(H2,24,26). The van der Waals surface area contributed by atoms with Gasteiger partial charge < -0.3 is 4.74 Å². The van der Waals surface area contributed by atoms with Crippen LogP contribution in [0, 0.1) is 26.7 Å². The third kappa shape index (κ3) is 7.02. The van der Waals surface area contributed by atoms with Crippen LogP contribution in [0.4, 0.5) is 0 Å². The number of piperidine rings is 1. The molecule has 1 amide bonds. The molecule has 1 heterocycles. The van der Waals surface area contributed by atoms with Gasteiger partial charge in [-0.25, -0.2) is 0 Å². The van der Waals surface area contributed by atoms with Crippen LogP contribution in [-0.2, 0) is 24.4 Å². The Morgan fingerprint density at radius 3 is 2.46 bits per heavy atom. The first-order valence-electron chi connectivity index (χ1n) is 11.5. The number of nitrogens with one attached hydrogen (secondary N) is 1. The molecule has 0 saturated carbocycles. The number of rotatable bonds is 10. The number of hydrogen-bond acceptors (Lipinski definition) is 7. The van der Waals surface area contributed by atoms with Crippen molar-refractivity contribution in [3.63, 3.8) is 0 Å². The van der Waals surface area contributed by atoms with E-state index in [1.54, 1.807) is 38.8 Å². The summed E-state index contributed by atoms with van der Waals surface area (Å²) in [5, 5.41) is 4.09. The van der Waals surface area contributed by atoms with E-state index in [0.29, 0.717) is 56.4 Å². The van der Waals surface area contributed by atoms with E-state index in [-0.39, 0.29) is 29.1 Å². The number of hydrogen-bond donors (Lipinski definition) is 2. The number of carbonyl (C=O) groups excluding carboxylic acids is 1. The summed E-state index contributed by atoms with van der Waals surface area (Å²) in [6.07, 6.45) is 1.97. The number of ether oxygens (including phenoxy) is 1. The zero-order valence-corrected chi connectivity index (χ0v) is 22.1. The third-order valence-electron chi connectivity index (χ3n) is 6.51. The van der Waals surface area contributed by atoms with E-state index in [9.17, 15) is 17.9 Å². The summed E-state index contributed by atoms with van der Waals surface area (Å²) in [5.74, 6) is 0.489. The van der Waals surface area contributed by atoms with Gasteiger partial charge in [0.25, 0.3) is 0 Å². The van der Waals surface area contributed by atoms with Gasteiger partial charge in [0.05, 0.1) is 7.11 Å². The monoisotopic (exact) mass is 509 g/mol.